The maximum absolute atomic E-state index is 5.82. The maximum Gasteiger partial charge on any atom is 0.120 e. The SMILES string of the molecule is BrCC(CCOc1cccc(Br)c1)Cc1ccccc1Br. The first kappa shape index (κ1) is 17.0. The lowest BCUT2D eigenvalue weighted by Crippen LogP contribution is -2.11. The maximum atomic E-state index is 5.82. The molecule has 0 heterocycles. The van der Waals surface area contributed by atoms with Crippen LogP contribution in [0.1, 0.15) is 12.0 Å². The molecule has 0 N–H and O–H groups in total. The minimum atomic E-state index is 0.566. The summed E-state index contributed by atoms with van der Waals surface area (Å²) in [5.41, 5.74) is 1.35. The standard InChI is InChI=1S/C17H17Br3O/c18-12-13(10-14-4-1-2-7-17(14)20)8-9-21-16-6-3-5-15(19)11-16/h1-7,11,13H,8-10,12H2. The molecule has 2 rings (SSSR count). The fourth-order valence-electron chi connectivity index (χ4n) is 2.11. The summed E-state index contributed by atoms with van der Waals surface area (Å²) in [5.74, 6) is 1.48. The highest BCUT2D eigenvalue weighted by atomic mass is 79.9. The molecule has 2 aromatic carbocycles. The fourth-order valence-corrected chi connectivity index (χ4v) is 3.49. The van der Waals surface area contributed by atoms with Crippen LogP contribution >= 0.6 is 47.8 Å². The van der Waals surface area contributed by atoms with Crippen molar-refractivity contribution in [3.63, 3.8) is 0 Å². The van der Waals surface area contributed by atoms with Gasteiger partial charge in [0, 0.05) is 14.3 Å². The Kier molecular flexibility index (Phi) is 7.27. The van der Waals surface area contributed by atoms with Crippen molar-refractivity contribution in [2.45, 2.75) is 12.8 Å². The molecule has 21 heavy (non-hydrogen) atoms. The van der Waals surface area contributed by atoms with Crippen molar-refractivity contribution in [1.82, 2.24) is 0 Å². The molecule has 1 atom stereocenters. The molecular formula is C17H17Br3O. The minimum absolute atomic E-state index is 0.566. The molecule has 1 nitrogen and oxygen atoms in total. The second-order valence-corrected chi connectivity index (χ2v) is 7.33. The van der Waals surface area contributed by atoms with Crippen molar-refractivity contribution < 1.29 is 4.74 Å². The molecule has 1 unspecified atom stereocenters. The van der Waals surface area contributed by atoms with Crippen LogP contribution in [0, 0.1) is 5.92 Å². The lowest BCUT2D eigenvalue weighted by molar-refractivity contribution is 0.285. The van der Waals surface area contributed by atoms with Crippen LogP contribution in [0.5, 0.6) is 5.75 Å². The van der Waals surface area contributed by atoms with Gasteiger partial charge in [-0.15, -0.1) is 0 Å². The van der Waals surface area contributed by atoms with Crippen LogP contribution in [0.25, 0.3) is 0 Å². The molecule has 0 saturated carbocycles. The summed E-state index contributed by atoms with van der Waals surface area (Å²) < 4.78 is 8.06. The van der Waals surface area contributed by atoms with E-state index in [2.05, 4.69) is 66.0 Å². The Bertz CT molecular complexity index is 571. The molecule has 0 radical (unpaired) electrons. The third-order valence-electron chi connectivity index (χ3n) is 3.28. The summed E-state index contributed by atoms with van der Waals surface area (Å²) in [5, 5.41) is 0.982. The zero-order chi connectivity index (χ0) is 15.1. The van der Waals surface area contributed by atoms with Crippen LogP contribution in [0.4, 0.5) is 0 Å². The van der Waals surface area contributed by atoms with Crippen molar-refractivity contribution in [1.29, 1.82) is 0 Å². The molecule has 0 amide bonds. The molecule has 0 aliphatic carbocycles. The van der Waals surface area contributed by atoms with E-state index < -0.39 is 0 Å². The predicted molar refractivity (Wildman–Crippen MR) is 99.4 cm³/mol. The molecule has 2 aromatic rings. The van der Waals surface area contributed by atoms with Crippen molar-refractivity contribution in [3.05, 3.63) is 63.0 Å². The van der Waals surface area contributed by atoms with Crippen LogP contribution in [0.3, 0.4) is 0 Å². The predicted octanol–water partition coefficient (Wildman–Crippen LogP) is 6.23. The highest BCUT2D eigenvalue weighted by Gasteiger charge is 2.10. The quantitative estimate of drug-likeness (QED) is 0.430. The summed E-state index contributed by atoms with van der Waals surface area (Å²) in [6.45, 7) is 0.733. The van der Waals surface area contributed by atoms with Crippen LogP contribution in [0.2, 0.25) is 0 Å². The number of rotatable bonds is 7. The van der Waals surface area contributed by atoms with Gasteiger partial charge in [-0.05, 0) is 48.6 Å². The van der Waals surface area contributed by atoms with Gasteiger partial charge in [-0.1, -0.05) is 72.1 Å². The average Bonchev–Trinajstić information content (AvgIpc) is 2.48. The van der Waals surface area contributed by atoms with E-state index >= 15 is 0 Å². The first-order valence-corrected chi connectivity index (χ1v) is 9.57. The Morgan fingerprint density at radius 3 is 2.52 bits per heavy atom. The van der Waals surface area contributed by atoms with E-state index in [9.17, 15) is 0 Å². The van der Waals surface area contributed by atoms with Crippen molar-refractivity contribution in [2.75, 3.05) is 11.9 Å². The van der Waals surface area contributed by atoms with Crippen molar-refractivity contribution in [2.24, 2.45) is 5.92 Å². The highest BCUT2D eigenvalue weighted by Crippen LogP contribution is 2.23. The Balaban J connectivity index is 1.84. The number of alkyl halides is 1. The van der Waals surface area contributed by atoms with Crippen LogP contribution < -0.4 is 4.74 Å². The van der Waals surface area contributed by atoms with Crippen LogP contribution in [-0.2, 0) is 6.42 Å². The van der Waals surface area contributed by atoms with Gasteiger partial charge in [0.2, 0.25) is 0 Å². The van der Waals surface area contributed by atoms with Crippen LogP contribution in [-0.4, -0.2) is 11.9 Å². The normalized spacial score (nSPS) is 12.1. The Labute approximate surface area is 151 Å². The second kappa shape index (κ2) is 8.96. The molecule has 0 spiro atoms. The first-order valence-electron chi connectivity index (χ1n) is 6.87. The van der Waals surface area contributed by atoms with Gasteiger partial charge in [0.25, 0.3) is 0 Å². The molecule has 0 saturated heterocycles. The summed E-state index contributed by atoms with van der Waals surface area (Å²) >= 11 is 10.7. The van der Waals surface area contributed by atoms with Gasteiger partial charge in [-0.3, -0.25) is 0 Å². The molecule has 0 bridgehead atoms. The number of benzene rings is 2. The van der Waals surface area contributed by atoms with E-state index in [1.807, 2.05) is 30.3 Å². The van der Waals surface area contributed by atoms with Gasteiger partial charge in [-0.25, -0.2) is 0 Å². The van der Waals surface area contributed by atoms with Crippen molar-refractivity contribution in [3.8, 4) is 5.75 Å². The molecule has 112 valence electrons. The molecule has 0 aliphatic rings. The Hall–Kier alpha value is -0.320. The van der Waals surface area contributed by atoms with Gasteiger partial charge >= 0.3 is 0 Å². The molecule has 0 aliphatic heterocycles. The summed E-state index contributed by atoms with van der Waals surface area (Å²) in [6, 6.07) is 16.4. The third kappa shape index (κ3) is 5.76. The topological polar surface area (TPSA) is 9.23 Å². The van der Waals surface area contributed by atoms with Crippen LogP contribution in [0.15, 0.2) is 57.5 Å². The van der Waals surface area contributed by atoms with Gasteiger partial charge in [0.1, 0.15) is 5.75 Å². The smallest absolute Gasteiger partial charge is 0.120 e. The summed E-state index contributed by atoms with van der Waals surface area (Å²) in [4.78, 5) is 0. The highest BCUT2D eigenvalue weighted by molar-refractivity contribution is 9.10. The number of hydrogen-bond donors (Lipinski definition) is 0. The van der Waals surface area contributed by atoms with E-state index in [0.29, 0.717) is 5.92 Å². The molecule has 0 aromatic heterocycles. The number of ether oxygens (including phenoxy) is 1. The van der Waals surface area contributed by atoms with E-state index in [-0.39, 0.29) is 0 Å². The summed E-state index contributed by atoms with van der Waals surface area (Å²) in [7, 11) is 0. The zero-order valence-electron chi connectivity index (χ0n) is 11.6. The van der Waals surface area contributed by atoms with Gasteiger partial charge < -0.3 is 4.74 Å². The van der Waals surface area contributed by atoms with E-state index in [1.54, 1.807) is 0 Å². The lowest BCUT2D eigenvalue weighted by atomic mass is 9.98. The van der Waals surface area contributed by atoms with E-state index in [0.717, 1.165) is 35.0 Å². The second-order valence-electron chi connectivity index (χ2n) is 4.91. The lowest BCUT2D eigenvalue weighted by Gasteiger charge is -2.15. The largest absolute Gasteiger partial charge is 0.494 e. The average molecular weight is 477 g/mol. The van der Waals surface area contributed by atoms with Crippen molar-refractivity contribution >= 4 is 47.8 Å². The zero-order valence-corrected chi connectivity index (χ0v) is 16.3. The first-order chi connectivity index (χ1) is 10.2. The molecule has 4 heteroatoms. The number of halogens is 3. The van der Waals surface area contributed by atoms with Gasteiger partial charge in [0.05, 0.1) is 6.61 Å². The number of hydrogen-bond acceptors (Lipinski definition) is 1. The third-order valence-corrected chi connectivity index (χ3v) is 5.46. The van der Waals surface area contributed by atoms with Gasteiger partial charge in [-0.2, -0.15) is 0 Å². The molecular weight excluding hydrogens is 460 g/mol. The Morgan fingerprint density at radius 1 is 1.00 bits per heavy atom. The van der Waals surface area contributed by atoms with Gasteiger partial charge in [0.15, 0.2) is 0 Å². The fraction of sp³-hybridized carbons (Fsp3) is 0.294. The summed E-state index contributed by atoms with van der Waals surface area (Å²) in [6.07, 6.45) is 2.08. The minimum Gasteiger partial charge on any atom is -0.494 e. The van der Waals surface area contributed by atoms with E-state index in [4.69, 9.17) is 4.74 Å². The van der Waals surface area contributed by atoms with E-state index in [1.165, 1.54) is 10.0 Å². The monoisotopic (exact) mass is 474 g/mol. The molecule has 0 fully saturated rings. The Morgan fingerprint density at radius 2 is 1.81 bits per heavy atom.